The topological polar surface area (TPSA) is 35.8 Å². The Kier molecular flexibility index (Phi) is 1.65. The molecule has 1 aliphatic heterocycles. The minimum atomic E-state index is 0.530. The van der Waals surface area contributed by atoms with E-state index < -0.39 is 0 Å². The molecule has 2 rings (SSSR count). The number of nitrogens with one attached hydrogen (secondary N) is 1. The first kappa shape index (κ1) is 6.84. The fourth-order valence-corrected chi connectivity index (χ4v) is 2.07. The molecule has 1 saturated heterocycles. The zero-order valence-electron chi connectivity index (χ0n) is 6.00. The smallest absolute Gasteiger partial charge is 0.100 e. The summed E-state index contributed by atoms with van der Waals surface area (Å²) in [7, 11) is 0. The Morgan fingerprint density at radius 3 is 3.00 bits per heavy atom. The summed E-state index contributed by atoms with van der Waals surface area (Å²) in [5.74, 6) is 0. The molecule has 0 aromatic carbocycles. The van der Waals surface area contributed by atoms with Crippen molar-refractivity contribution in [3.05, 3.63) is 21.9 Å². The van der Waals surface area contributed by atoms with Crippen LogP contribution >= 0.6 is 11.3 Å². The molecule has 0 radical (unpaired) electrons. The third-order valence-corrected chi connectivity index (χ3v) is 2.96. The molecule has 1 unspecified atom stereocenters. The van der Waals surface area contributed by atoms with Gasteiger partial charge in [-0.2, -0.15) is 5.26 Å². The van der Waals surface area contributed by atoms with Crippen molar-refractivity contribution in [2.24, 2.45) is 0 Å². The van der Waals surface area contributed by atoms with Crippen LogP contribution in [0.2, 0.25) is 0 Å². The molecule has 1 fully saturated rings. The van der Waals surface area contributed by atoms with Gasteiger partial charge in [-0.15, -0.1) is 11.3 Å². The average Bonchev–Trinajstić information content (AvgIpc) is 2.32. The van der Waals surface area contributed by atoms with Crippen LogP contribution in [0.25, 0.3) is 0 Å². The molecule has 2 nitrogen and oxygen atoms in total. The predicted molar refractivity (Wildman–Crippen MR) is 44.4 cm³/mol. The molecule has 2 heterocycles. The molecule has 1 atom stereocenters. The zero-order chi connectivity index (χ0) is 7.68. The van der Waals surface area contributed by atoms with Crippen LogP contribution in [0.15, 0.2) is 11.4 Å². The highest BCUT2D eigenvalue weighted by molar-refractivity contribution is 7.10. The quantitative estimate of drug-likeness (QED) is 0.685. The summed E-state index contributed by atoms with van der Waals surface area (Å²) in [5, 5.41) is 13.8. The molecular formula is C8H8N2S. The maximum Gasteiger partial charge on any atom is 0.100 e. The molecule has 0 spiro atoms. The van der Waals surface area contributed by atoms with Crippen LogP contribution in [0.1, 0.15) is 22.9 Å². The van der Waals surface area contributed by atoms with Crippen molar-refractivity contribution in [1.82, 2.24) is 5.32 Å². The van der Waals surface area contributed by atoms with E-state index in [4.69, 9.17) is 5.26 Å². The Bertz CT molecular complexity index is 293. The number of thiophene rings is 1. The van der Waals surface area contributed by atoms with Crippen LogP contribution in [0, 0.1) is 11.3 Å². The molecule has 0 bridgehead atoms. The largest absolute Gasteiger partial charge is 0.309 e. The van der Waals surface area contributed by atoms with Crippen molar-refractivity contribution in [3.8, 4) is 6.07 Å². The van der Waals surface area contributed by atoms with E-state index in [9.17, 15) is 0 Å². The lowest BCUT2D eigenvalue weighted by molar-refractivity contribution is 0.389. The summed E-state index contributed by atoms with van der Waals surface area (Å²) in [4.78, 5) is 1.30. The second-order valence-electron chi connectivity index (χ2n) is 2.64. The van der Waals surface area contributed by atoms with E-state index in [1.54, 1.807) is 11.3 Å². The van der Waals surface area contributed by atoms with Crippen molar-refractivity contribution < 1.29 is 0 Å². The molecule has 1 N–H and O–H groups in total. The molecule has 1 aromatic heterocycles. The van der Waals surface area contributed by atoms with Crippen LogP contribution in [0.4, 0.5) is 0 Å². The van der Waals surface area contributed by atoms with Gasteiger partial charge < -0.3 is 5.32 Å². The van der Waals surface area contributed by atoms with Crippen molar-refractivity contribution in [2.45, 2.75) is 12.5 Å². The summed E-state index contributed by atoms with van der Waals surface area (Å²) < 4.78 is 0. The molecule has 3 heteroatoms. The van der Waals surface area contributed by atoms with Gasteiger partial charge in [0.15, 0.2) is 0 Å². The van der Waals surface area contributed by atoms with E-state index in [1.165, 1.54) is 11.3 Å². The Balaban J connectivity index is 2.19. The number of hydrogen-bond acceptors (Lipinski definition) is 3. The van der Waals surface area contributed by atoms with Crippen molar-refractivity contribution in [2.75, 3.05) is 6.54 Å². The average molecular weight is 164 g/mol. The molecular weight excluding hydrogens is 156 g/mol. The van der Waals surface area contributed by atoms with Gasteiger partial charge in [-0.1, -0.05) is 0 Å². The van der Waals surface area contributed by atoms with E-state index in [0.717, 1.165) is 12.1 Å². The fourth-order valence-electron chi connectivity index (χ4n) is 1.13. The maximum atomic E-state index is 8.56. The number of nitriles is 1. The normalized spacial score (nSPS) is 22.3. The van der Waals surface area contributed by atoms with Crippen molar-refractivity contribution in [3.63, 3.8) is 0 Å². The van der Waals surface area contributed by atoms with Crippen molar-refractivity contribution in [1.29, 1.82) is 5.26 Å². The molecule has 0 aliphatic carbocycles. The highest BCUT2D eigenvalue weighted by Gasteiger charge is 2.19. The molecule has 56 valence electrons. The van der Waals surface area contributed by atoms with E-state index in [1.807, 2.05) is 11.4 Å². The van der Waals surface area contributed by atoms with Crippen LogP contribution < -0.4 is 5.32 Å². The van der Waals surface area contributed by atoms with E-state index >= 15 is 0 Å². The van der Waals surface area contributed by atoms with Crippen molar-refractivity contribution >= 4 is 11.3 Å². The van der Waals surface area contributed by atoms with Gasteiger partial charge in [0.25, 0.3) is 0 Å². The summed E-state index contributed by atoms with van der Waals surface area (Å²) >= 11 is 1.67. The monoisotopic (exact) mass is 164 g/mol. The predicted octanol–water partition coefficient (Wildman–Crippen LogP) is 1.65. The third-order valence-electron chi connectivity index (χ3n) is 1.92. The van der Waals surface area contributed by atoms with Crippen LogP contribution in [-0.4, -0.2) is 6.54 Å². The molecule has 1 aromatic rings. The third kappa shape index (κ3) is 1.15. The summed E-state index contributed by atoms with van der Waals surface area (Å²) in [6, 6.07) is 4.64. The number of rotatable bonds is 1. The highest BCUT2D eigenvalue weighted by Crippen LogP contribution is 2.28. The van der Waals surface area contributed by atoms with Gasteiger partial charge in [0.05, 0.1) is 5.56 Å². The first-order valence-electron chi connectivity index (χ1n) is 3.62. The second kappa shape index (κ2) is 2.65. The summed E-state index contributed by atoms with van der Waals surface area (Å²) in [5.41, 5.74) is 0.790. The van der Waals surface area contributed by atoms with Gasteiger partial charge in [-0.3, -0.25) is 0 Å². The van der Waals surface area contributed by atoms with E-state index in [2.05, 4.69) is 11.4 Å². The lowest BCUT2D eigenvalue weighted by atomic mass is 10.1. The molecule has 11 heavy (non-hydrogen) atoms. The van der Waals surface area contributed by atoms with Crippen LogP contribution in [0.3, 0.4) is 0 Å². The van der Waals surface area contributed by atoms with Gasteiger partial charge in [-0.25, -0.2) is 0 Å². The SMILES string of the molecule is N#Cc1csc(C2CCN2)c1. The van der Waals surface area contributed by atoms with E-state index in [-0.39, 0.29) is 0 Å². The molecule has 0 amide bonds. The molecule has 1 aliphatic rings. The zero-order valence-corrected chi connectivity index (χ0v) is 6.82. The highest BCUT2D eigenvalue weighted by atomic mass is 32.1. The second-order valence-corrected chi connectivity index (χ2v) is 3.59. The first-order valence-corrected chi connectivity index (χ1v) is 4.50. The Morgan fingerprint density at radius 1 is 1.73 bits per heavy atom. The minimum Gasteiger partial charge on any atom is -0.309 e. The lowest BCUT2D eigenvalue weighted by Crippen LogP contribution is -2.34. The van der Waals surface area contributed by atoms with Crippen LogP contribution in [-0.2, 0) is 0 Å². The fraction of sp³-hybridized carbons (Fsp3) is 0.375. The number of nitrogens with zero attached hydrogens (tertiary/aromatic N) is 1. The van der Waals surface area contributed by atoms with E-state index in [0.29, 0.717) is 6.04 Å². The number of hydrogen-bond donors (Lipinski definition) is 1. The molecule has 0 saturated carbocycles. The standard InChI is InChI=1S/C8H8N2S/c9-4-6-3-8(11-5-6)7-1-2-10-7/h3,5,7,10H,1-2H2. The lowest BCUT2D eigenvalue weighted by Gasteiger charge is -2.26. The summed E-state index contributed by atoms with van der Waals surface area (Å²) in [6.45, 7) is 1.12. The van der Waals surface area contributed by atoms with Gasteiger partial charge in [-0.05, 0) is 19.0 Å². The Morgan fingerprint density at radius 2 is 2.55 bits per heavy atom. The van der Waals surface area contributed by atoms with Gasteiger partial charge >= 0.3 is 0 Å². The Labute approximate surface area is 69.5 Å². The Hall–Kier alpha value is -0.850. The summed E-state index contributed by atoms with van der Waals surface area (Å²) in [6.07, 6.45) is 1.21. The minimum absolute atomic E-state index is 0.530. The van der Waals surface area contributed by atoms with Crippen LogP contribution in [0.5, 0.6) is 0 Å². The maximum absolute atomic E-state index is 8.56. The van der Waals surface area contributed by atoms with Gasteiger partial charge in [0.2, 0.25) is 0 Å². The first-order chi connectivity index (χ1) is 5.40. The van der Waals surface area contributed by atoms with Gasteiger partial charge in [0, 0.05) is 16.3 Å². The van der Waals surface area contributed by atoms with Gasteiger partial charge in [0.1, 0.15) is 6.07 Å².